The van der Waals surface area contributed by atoms with Crippen LogP contribution in [0.15, 0.2) is 29.3 Å². The molecule has 0 atom stereocenters. The number of nitrogens with zero attached hydrogens (tertiary/aromatic N) is 3. The quantitative estimate of drug-likeness (QED) is 0.838. The van der Waals surface area contributed by atoms with Crippen molar-refractivity contribution in [3.8, 4) is 0 Å². The molecule has 1 aromatic heterocycles. The molecule has 21 heavy (non-hydrogen) atoms. The van der Waals surface area contributed by atoms with Crippen LogP contribution < -0.4 is 11.3 Å². The van der Waals surface area contributed by atoms with Crippen LogP contribution in [0.3, 0.4) is 0 Å². The van der Waals surface area contributed by atoms with Crippen molar-refractivity contribution in [2.45, 2.75) is 13.0 Å². The van der Waals surface area contributed by atoms with Crippen LogP contribution in [0.2, 0.25) is 0 Å². The Morgan fingerprint density at radius 2 is 2.05 bits per heavy atom. The van der Waals surface area contributed by atoms with E-state index in [9.17, 15) is 4.79 Å². The van der Waals surface area contributed by atoms with E-state index in [1.54, 1.807) is 29.1 Å². The molecular weight excluding hydrogens is 268 g/mol. The first kappa shape index (κ1) is 14.0. The number of nitrogens with two attached hydrogens (primary N) is 1. The molecule has 0 saturated carbocycles. The highest BCUT2D eigenvalue weighted by atomic mass is 16.5. The van der Waals surface area contributed by atoms with Crippen LogP contribution in [-0.2, 0) is 11.3 Å². The zero-order valence-electron chi connectivity index (χ0n) is 12.0. The maximum Gasteiger partial charge on any atom is 0.261 e. The fourth-order valence-electron chi connectivity index (χ4n) is 2.63. The number of aromatic nitrogens is 2. The number of hydrogen-bond donors (Lipinski definition) is 1. The molecule has 0 bridgehead atoms. The minimum Gasteiger partial charge on any atom is -0.399 e. The maximum atomic E-state index is 12.4. The Hall–Kier alpha value is -1.92. The van der Waals surface area contributed by atoms with Crippen LogP contribution in [-0.4, -0.2) is 47.3 Å². The molecule has 0 amide bonds. The van der Waals surface area contributed by atoms with E-state index >= 15 is 0 Å². The Morgan fingerprint density at radius 1 is 1.24 bits per heavy atom. The number of fused-ring (bicyclic) bond motifs is 1. The SMILES string of the molecule is Nc1ccc2ncn(CCCN3CCOCC3)c(=O)c2c1. The first-order valence-electron chi connectivity index (χ1n) is 7.29. The molecule has 2 heterocycles. The van der Waals surface area contributed by atoms with Crippen molar-refractivity contribution in [1.82, 2.24) is 14.5 Å². The molecule has 2 N–H and O–H groups in total. The van der Waals surface area contributed by atoms with Crippen molar-refractivity contribution in [2.24, 2.45) is 0 Å². The maximum absolute atomic E-state index is 12.4. The van der Waals surface area contributed by atoms with E-state index in [4.69, 9.17) is 10.5 Å². The van der Waals surface area contributed by atoms with Gasteiger partial charge in [0.15, 0.2) is 0 Å². The number of benzene rings is 1. The van der Waals surface area contributed by atoms with Crippen molar-refractivity contribution in [3.05, 3.63) is 34.9 Å². The summed E-state index contributed by atoms with van der Waals surface area (Å²) in [7, 11) is 0. The zero-order valence-corrected chi connectivity index (χ0v) is 12.0. The highest BCUT2D eigenvalue weighted by Crippen LogP contribution is 2.11. The van der Waals surface area contributed by atoms with E-state index in [1.165, 1.54) is 0 Å². The smallest absolute Gasteiger partial charge is 0.261 e. The first-order chi connectivity index (χ1) is 10.2. The van der Waals surface area contributed by atoms with Gasteiger partial charge in [0.05, 0.1) is 30.4 Å². The number of hydrogen-bond acceptors (Lipinski definition) is 5. The molecule has 0 unspecified atom stereocenters. The number of aryl methyl sites for hydroxylation is 1. The summed E-state index contributed by atoms with van der Waals surface area (Å²) in [6, 6.07) is 5.24. The Kier molecular flexibility index (Phi) is 4.17. The first-order valence-corrected chi connectivity index (χ1v) is 7.29. The van der Waals surface area contributed by atoms with Crippen LogP contribution >= 0.6 is 0 Å². The summed E-state index contributed by atoms with van der Waals surface area (Å²) in [5.74, 6) is 0. The van der Waals surface area contributed by atoms with E-state index in [0.717, 1.165) is 39.3 Å². The summed E-state index contributed by atoms with van der Waals surface area (Å²) in [5.41, 5.74) is 7.01. The van der Waals surface area contributed by atoms with Gasteiger partial charge in [-0.25, -0.2) is 4.98 Å². The monoisotopic (exact) mass is 288 g/mol. The molecule has 1 aliphatic rings. The summed E-state index contributed by atoms with van der Waals surface area (Å²) in [5, 5.41) is 0.587. The van der Waals surface area contributed by atoms with Crippen molar-refractivity contribution >= 4 is 16.6 Å². The van der Waals surface area contributed by atoms with Gasteiger partial charge in [0.25, 0.3) is 5.56 Å². The van der Waals surface area contributed by atoms with Gasteiger partial charge in [-0.1, -0.05) is 0 Å². The normalized spacial score (nSPS) is 16.4. The minimum atomic E-state index is -0.0192. The Balaban J connectivity index is 1.69. The highest BCUT2D eigenvalue weighted by molar-refractivity contribution is 5.80. The molecule has 6 heteroatoms. The summed E-state index contributed by atoms with van der Waals surface area (Å²) >= 11 is 0. The molecule has 6 nitrogen and oxygen atoms in total. The second-order valence-electron chi connectivity index (χ2n) is 5.33. The number of nitrogen functional groups attached to an aromatic ring is 1. The zero-order chi connectivity index (χ0) is 14.7. The van der Waals surface area contributed by atoms with Gasteiger partial charge in [0, 0.05) is 31.9 Å². The third-order valence-corrected chi connectivity index (χ3v) is 3.83. The van der Waals surface area contributed by atoms with Gasteiger partial charge in [0.2, 0.25) is 0 Å². The van der Waals surface area contributed by atoms with E-state index in [2.05, 4.69) is 9.88 Å². The molecule has 0 aliphatic carbocycles. The van der Waals surface area contributed by atoms with Crippen LogP contribution in [0, 0.1) is 0 Å². The van der Waals surface area contributed by atoms with Crippen LogP contribution in [0.5, 0.6) is 0 Å². The predicted molar refractivity (Wildman–Crippen MR) is 82.3 cm³/mol. The molecule has 1 saturated heterocycles. The molecule has 1 aliphatic heterocycles. The van der Waals surface area contributed by atoms with E-state index in [0.29, 0.717) is 23.1 Å². The van der Waals surface area contributed by atoms with Gasteiger partial charge in [0.1, 0.15) is 0 Å². The second kappa shape index (κ2) is 6.24. The van der Waals surface area contributed by atoms with E-state index in [-0.39, 0.29) is 5.56 Å². The van der Waals surface area contributed by atoms with Crippen molar-refractivity contribution < 1.29 is 4.74 Å². The van der Waals surface area contributed by atoms with Gasteiger partial charge < -0.3 is 10.5 Å². The average Bonchev–Trinajstić information content (AvgIpc) is 2.51. The Labute approximate surface area is 123 Å². The van der Waals surface area contributed by atoms with E-state index in [1.807, 2.05) is 0 Å². The lowest BCUT2D eigenvalue weighted by Gasteiger charge is -2.26. The van der Waals surface area contributed by atoms with Gasteiger partial charge >= 0.3 is 0 Å². The van der Waals surface area contributed by atoms with E-state index < -0.39 is 0 Å². The standard InChI is InChI=1S/C15H20N4O2/c16-12-2-3-14-13(10-12)15(20)19(11-17-14)5-1-4-18-6-8-21-9-7-18/h2-3,10-11H,1,4-9,16H2. The third kappa shape index (κ3) is 3.22. The van der Waals surface area contributed by atoms with Gasteiger partial charge in [-0.15, -0.1) is 0 Å². The molecule has 0 radical (unpaired) electrons. The lowest BCUT2D eigenvalue weighted by molar-refractivity contribution is 0.0369. The summed E-state index contributed by atoms with van der Waals surface area (Å²) in [6.45, 7) is 5.20. The van der Waals surface area contributed by atoms with Crippen LogP contribution in [0.25, 0.3) is 10.9 Å². The molecule has 1 fully saturated rings. The van der Waals surface area contributed by atoms with Crippen molar-refractivity contribution in [3.63, 3.8) is 0 Å². The number of ether oxygens (including phenoxy) is 1. The number of rotatable bonds is 4. The van der Waals surface area contributed by atoms with Gasteiger partial charge in [-0.05, 0) is 24.6 Å². The predicted octanol–water partition coefficient (Wildman–Crippen LogP) is 0.701. The Bertz CT molecular complexity index is 677. The fraction of sp³-hybridized carbons (Fsp3) is 0.467. The molecule has 3 rings (SSSR count). The average molecular weight is 288 g/mol. The largest absolute Gasteiger partial charge is 0.399 e. The fourth-order valence-corrected chi connectivity index (χ4v) is 2.63. The summed E-state index contributed by atoms with van der Waals surface area (Å²) in [6.07, 6.45) is 2.55. The lowest BCUT2D eigenvalue weighted by Crippen LogP contribution is -2.37. The Morgan fingerprint density at radius 3 is 2.86 bits per heavy atom. The number of anilines is 1. The molecule has 112 valence electrons. The molecule has 2 aromatic rings. The molecular formula is C15H20N4O2. The van der Waals surface area contributed by atoms with Crippen LogP contribution in [0.4, 0.5) is 5.69 Å². The summed E-state index contributed by atoms with van der Waals surface area (Å²) in [4.78, 5) is 19.1. The molecule has 0 spiro atoms. The highest BCUT2D eigenvalue weighted by Gasteiger charge is 2.10. The third-order valence-electron chi connectivity index (χ3n) is 3.83. The summed E-state index contributed by atoms with van der Waals surface area (Å²) < 4.78 is 6.99. The minimum absolute atomic E-state index is 0.0192. The van der Waals surface area contributed by atoms with Gasteiger partial charge in [-0.3, -0.25) is 14.3 Å². The van der Waals surface area contributed by atoms with Gasteiger partial charge in [-0.2, -0.15) is 0 Å². The molecule has 1 aromatic carbocycles. The van der Waals surface area contributed by atoms with Crippen molar-refractivity contribution in [1.29, 1.82) is 0 Å². The topological polar surface area (TPSA) is 73.4 Å². The lowest BCUT2D eigenvalue weighted by atomic mass is 10.2. The second-order valence-corrected chi connectivity index (χ2v) is 5.33. The van der Waals surface area contributed by atoms with Crippen molar-refractivity contribution in [2.75, 3.05) is 38.6 Å². The number of morpholine rings is 1. The van der Waals surface area contributed by atoms with Crippen LogP contribution in [0.1, 0.15) is 6.42 Å².